The van der Waals surface area contributed by atoms with Crippen molar-refractivity contribution >= 4 is 10.0 Å². The molecule has 124 valence electrons. The lowest BCUT2D eigenvalue weighted by Crippen LogP contribution is -2.24. The van der Waals surface area contributed by atoms with Gasteiger partial charge in [-0.1, -0.05) is 6.07 Å². The van der Waals surface area contributed by atoms with Crippen molar-refractivity contribution in [3.63, 3.8) is 0 Å². The van der Waals surface area contributed by atoms with Crippen LogP contribution in [0, 0.1) is 12.7 Å². The molecule has 24 heavy (non-hydrogen) atoms. The van der Waals surface area contributed by atoms with Gasteiger partial charge in [0.1, 0.15) is 5.82 Å². The average Bonchev–Trinajstić information content (AvgIpc) is 3.07. The van der Waals surface area contributed by atoms with Gasteiger partial charge in [-0.25, -0.2) is 17.5 Å². The molecule has 0 unspecified atom stereocenters. The Morgan fingerprint density at radius 1 is 1.21 bits per heavy atom. The molecule has 0 aliphatic rings. The Morgan fingerprint density at radius 3 is 2.67 bits per heavy atom. The van der Waals surface area contributed by atoms with Crippen LogP contribution in [0.3, 0.4) is 0 Å². The Balaban J connectivity index is 1.73. The van der Waals surface area contributed by atoms with E-state index in [2.05, 4.69) is 9.71 Å². The summed E-state index contributed by atoms with van der Waals surface area (Å²) in [5.74, 6) is -0.467. The lowest BCUT2D eigenvalue weighted by molar-refractivity contribution is 0.568. The van der Waals surface area contributed by atoms with E-state index < -0.39 is 15.8 Å². The molecule has 3 rings (SSSR count). The molecular weight excluding hydrogens is 331 g/mol. The number of nitrogens with zero attached hydrogens (tertiary/aromatic N) is 1. The van der Waals surface area contributed by atoms with Gasteiger partial charge in [-0.3, -0.25) is 4.98 Å². The molecule has 1 N–H and O–H groups in total. The van der Waals surface area contributed by atoms with Gasteiger partial charge in [0.15, 0.2) is 0 Å². The molecule has 3 aromatic rings. The fourth-order valence-corrected chi connectivity index (χ4v) is 3.52. The van der Waals surface area contributed by atoms with Crippen LogP contribution >= 0.6 is 0 Å². The van der Waals surface area contributed by atoms with Gasteiger partial charge in [-0.15, -0.1) is 0 Å². The van der Waals surface area contributed by atoms with E-state index in [0.29, 0.717) is 11.1 Å². The molecule has 0 fully saturated rings. The van der Waals surface area contributed by atoms with Crippen molar-refractivity contribution < 1.29 is 17.2 Å². The van der Waals surface area contributed by atoms with E-state index in [0.717, 1.165) is 17.3 Å². The minimum absolute atomic E-state index is 0.0619. The molecule has 0 aliphatic carbocycles. The molecule has 0 radical (unpaired) electrons. The van der Waals surface area contributed by atoms with Gasteiger partial charge in [0.2, 0.25) is 10.0 Å². The topological polar surface area (TPSA) is 72.2 Å². The average molecular weight is 346 g/mol. The lowest BCUT2D eigenvalue weighted by Gasteiger charge is -2.09. The number of benzene rings is 1. The number of halogens is 1. The second-order valence-corrected chi connectivity index (χ2v) is 7.03. The molecule has 1 aromatic carbocycles. The summed E-state index contributed by atoms with van der Waals surface area (Å²) < 4.78 is 45.3. The highest BCUT2D eigenvalue weighted by molar-refractivity contribution is 7.89. The lowest BCUT2D eigenvalue weighted by atomic mass is 10.2. The summed E-state index contributed by atoms with van der Waals surface area (Å²) in [4.78, 5) is 4.34. The highest BCUT2D eigenvalue weighted by Crippen LogP contribution is 2.18. The van der Waals surface area contributed by atoms with Crippen molar-refractivity contribution in [2.45, 2.75) is 18.4 Å². The van der Waals surface area contributed by atoms with Crippen LogP contribution in [0.5, 0.6) is 0 Å². The van der Waals surface area contributed by atoms with E-state index >= 15 is 0 Å². The minimum Gasteiger partial charge on any atom is -0.472 e. The fraction of sp³-hybridized carbons (Fsp3) is 0.118. The molecular formula is C17H15FN2O3S. The molecule has 0 bridgehead atoms. The smallest absolute Gasteiger partial charge is 0.241 e. The number of pyridine rings is 1. The summed E-state index contributed by atoms with van der Waals surface area (Å²) in [5, 5.41) is 0. The van der Waals surface area contributed by atoms with Gasteiger partial charge in [-0.2, -0.15) is 0 Å². The third kappa shape index (κ3) is 3.52. The quantitative estimate of drug-likeness (QED) is 0.770. The van der Waals surface area contributed by atoms with Crippen LogP contribution in [-0.2, 0) is 16.6 Å². The molecule has 0 aliphatic heterocycles. The molecule has 0 amide bonds. The molecule has 0 saturated carbocycles. The Kier molecular flexibility index (Phi) is 4.46. The minimum atomic E-state index is -3.72. The van der Waals surface area contributed by atoms with Crippen molar-refractivity contribution in [1.29, 1.82) is 0 Å². The van der Waals surface area contributed by atoms with Crippen LogP contribution < -0.4 is 4.72 Å². The van der Waals surface area contributed by atoms with E-state index in [4.69, 9.17) is 4.42 Å². The molecule has 0 spiro atoms. The zero-order valence-corrected chi connectivity index (χ0v) is 13.7. The highest BCUT2D eigenvalue weighted by Gasteiger charge is 2.17. The number of aryl methyl sites for hydroxylation is 1. The third-order valence-electron chi connectivity index (χ3n) is 3.53. The molecule has 0 saturated heterocycles. The van der Waals surface area contributed by atoms with Crippen molar-refractivity contribution in [3.05, 3.63) is 72.1 Å². The van der Waals surface area contributed by atoms with E-state index in [1.54, 1.807) is 43.8 Å². The van der Waals surface area contributed by atoms with Crippen LogP contribution in [0.4, 0.5) is 4.39 Å². The first kappa shape index (κ1) is 16.4. The summed E-state index contributed by atoms with van der Waals surface area (Å²) in [6.07, 6.45) is 4.74. The van der Waals surface area contributed by atoms with Crippen LogP contribution in [0.15, 0.2) is 64.4 Å². The summed E-state index contributed by atoms with van der Waals surface area (Å²) in [6.45, 7) is 1.65. The second-order valence-electron chi connectivity index (χ2n) is 5.30. The number of hydrogen-bond acceptors (Lipinski definition) is 4. The SMILES string of the molecule is Cc1cc(F)ccc1S(=O)(=O)NCc1ccc(-c2ccoc2)nc1. The van der Waals surface area contributed by atoms with Crippen molar-refractivity contribution in [2.24, 2.45) is 0 Å². The second kappa shape index (κ2) is 6.54. The monoisotopic (exact) mass is 346 g/mol. The van der Waals surface area contributed by atoms with Crippen LogP contribution in [0.2, 0.25) is 0 Å². The number of furan rings is 1. The fourth-order valence-electron chi connectivity index (χ4n) is 2.28. The summed E-state index contributed by atoms with van der Waals surface area (Å²) in [6, 6.07) is 8.95. The van der Waals surface area contributed by atoms with E-state index in [-0.39, 0.29) is 11.4 Å². The molecule has 2 aromatic heterocycles. The zero-order chi connectivity index (χ0) is 17.2. The van der Waals surface area contributed by atoms with Crippen LogP contribution in [0.1, 0.15) is 11.1 Å². The standard InChI is InChI=1S/C17H15FN2O3S/c1-12-8-15(18)3-5-17(12)24(21,22)20-10-13-2-4-16(19-9-13)14-6-7-23-11-14/h2-9,11,20H,10H2,1H3. The number of sulfonamides is 1. The van der Waals surface area contributed by atoms with Gasteiger partial charge in [-0.05, 0) is 48.4 Å². The van der Waals surface area contributed by atoms with Crippen LogP contribution in [0.25, 0.3) is 11.3 Å². The highest BCUT2D eigenvalue weighted by atomic mass is 32.2. The van der Waals surface area contributed by atoms with Crippen molar-refractivity contribution in [1.82, 2.24) is 9.71 Å². The Bertz CT molecular complexity index is 936. The zero-order valence-electron chi connectivity index (χ0n) is 12.9. The Labute approximate surface area is 139 Å². The van der Waals surface area contributed by atoms with E-state index in [1.807, 2.05) is 0 Å². The van der Waals surface area contributed by atoms with Crippen molar-refractivity contribution in [3.8, 4) is 11.3 Å². The van der Waals surface area contributed by atoms with Gasteiger partial charge in [0.25, 0.3) is 0 Å². The van der Waals surface area contributed by atoms with E-state index in [9.17, 15) is 12.8 Å². The van der Waals surface area contributed by atoms with Gasteiger partial charge < -0.3 is 4.42 Å². The maximum Gasteiger partial charge on any atom is 0.241 e. The summed E-state index contributed by atoms with van der Waals surface area (Å²) in [7, 11) is -3.72. The molecule has 7 heteroatoms. The Hall–Kier alpha value is -2.51. The maximum atomic E-state index is 13.1. The normalized spacial score (nSPS) is 11.6. The predicted octanol–water partition coefficient (Wildman–Crippen LogP) is 3.27. The van der Waals surface area contributed by atoms with Gasteiger partial charge >= 0.3 is 0 Å². The first-order valence-corrected chi connectivity index (χ1v) is 8.67. The largest absolute Gasteiger partial charge is 0.472 e. The number of rotatable bonds is 5. The number of nitrogens with one attached hydrogen (secondary N) is 1. The molecule has 0 atom stereocenters. The van der Waals surface area contributed by atoms with E-state index in [1.165, 1.54) is 12.1 Å². The summed E-state index contributed by atoms with van der Waals surface area (Å²) in [5.41, 5.74) is 2.66. The van der Waals surface area contributed by atoms with Gasteiger partial charge in [0.05, 0.1) is 23.1 Å². The first-order chi connectivity index (χ1) is 11.5. The molecule has 2 heterocycles. The molecule has 5 nitrogen and oxygen atoms in total. The van der Waals surface area contributed by atoms with Crippen molar-refractivity contribution in [2.75, 3.05) is 0 Å². The number of aromatic nitrogens is 1. The first-order valence-electron chi connectivity index (χ1n) is 7.19. The third-order valence-corrected chi connectivity index (χ3v) is 5.10. The van der Waals surface area contributed by atoms with Gasteiger partial charge in [0, 0.05) is 18.3 Å². The summed E-state index contributed by atoms with van der Waals surface area (Å²) >= 11 is 0. The Morgan fingerprint density at radius 2 is 2.04 bits per heavy atom. The van der Waals surface area contributed by atoms with Crippen LogP contribution in [-0.4, -0.2) is 13.4 Å². The maximum absolute atomic E-state index is 13.1. The number of hydrogen-bond donors (Lipinski definition) is 1. The predicted molar refractivity (Wildman–Crippen MR) is 87.1 cm³/mol.